The van der Waals surface area contributed by atoms with E-state index in [4.69, 9.17) is 9.84 Å². The van der Waals surface area contributed by atoms with Crippen LogP contribution in [-0.4, -0.2) is 46.6 Å². The van der Waals surface area contributed by atoms with Crippen molar-refractivity contribution in [3.63, 3.8) is 0 Å². The summed E-state index contributed by atoms with van der Waals surface area (Å²) in [7, 11) is 3.20. The monoisotopic (exact) mass is 284 g/mol. The van der Waals surface area contributed by atoms with E-state index >= 15 is 0 Å². The zero-order valence-electron chi connectivity index (χ0n) is 12.1. The molecule has 0 spiro atoms. The van der Waals surface area contributed by atoms with Gasteiger partial charge in [0.25, 0.3) is 0 Å². The predicted molar refractivity (Wildman–Crippen MR) is 71.4 cm³/mol. The Labute approximate surface area is 117 Å². The molecule has 8 heteroatoms. The molecule has 1 aromatic heterocycles. The summed E-state index contributed by atoms with van der Waals surface area (Å²) in [5.41, 5.74) is 2.70. The molecule has 0 saturated heterocycles. The van der Waals surface area contributed by atoms with Crippen LogP contribution in [0.15, 0.2) is 0 Å². The van der Waals surface area contributed by atoms with Crippen molar-refractivity contribution in [3.05, 3.63) is 17.0 Å². The van der Waals surface area contributed by atoms with Gasteiger partial charge < -0.3 is 20.5 Å². The van der Waals surface area contributed by atoms with Crippen molar-refractivity contribution >= 4 is 12.0 Å². The lowest BCUT2D eigenvalue weighted by Crippen LogP contribution is -2.48. The number of hydrogen-bond donors (Lipinski definition) is 3. The van der Waals surface area contributed by atoms with Crippen LogP contribution in [0, 0.1) is 13.8 Å². The molecule has 20 heavy (non-hydrogen) atoms. The van der Waals surface area contributed by atoms with Crippen LogP contribution in [0.2, 0.25) is 0 Å². The number of carboxylic acid groups (broad SMARTS) is 1. The summed E-state index contributed by atoms with van der Waals surface area (Å²) >= 11 is 0. The number of hydrogen-bond acceptors (Lipinski definition) is 4. The summed E-state index contributed by atoms with van der Waals surface area (Å²) in [6.45, 7) is 3.96. The van der Waals surface area contributed by atoms with Crippen LogP contribution in [0.25, 0.3) is 0 Å². The molecule has 112 valence electrons. The van der Waals surface area contributed by atoms with E-state index in [1.807, 2.05) is 20.9 Å². The van der Waals surface area contributed by atoms with Crippen molar-refractivity contribution in [2.45, 2.75) is 26.4 Å². The standard InChI is InChI=1S/C12H20N4O4/c1-7-9(8(2)16(3)15-7)5-13-12(19)14-10(6-20-4)11(17)18/h10H,5-6H2,1-4H3,(H,17,18)(H2,13,14,19). The normalized spacial score (nSPS) is 12.0. The molecule has 1 rings (SSSR count). The number of aliphatic carboxylic acids is 1. The first kappa shape index (κ1) is 16.0. The van der Waals surface area contributed by atoms with Gasteiger partial charge in [-0.25, -0.2) is 9.59 Å². The van der Waals surface area contributed by atoms with Crippen molar-refractivity contribution in [1.29, 1.82) is 0 Å². The maximum absolute atomic E-state index is 11.7. The summed E-state index contributed by atoms with van der Waals surface area (Å²) < 4.78 is 6.47. The zero-order valence-corrected chi connectivity index (χ0v) is 12.1. The maximum Gasteiger partial charge on any atom is 0.328 e. The molecule has 0 aliphatic carbocycles. The van der Waals surface area contributed by atoms with Crippen LogP contribution in [-0.2, 0) is 23.1 Å². The van der Waals surface area contributed by atoms with Crippen LogP contribution < -0.4 is 10.6 Å². The molecule has 1 aromatic rings. The molecule has 0 fully saturated rings. The quantitative estimate of drug-likeness (QED) is 0.678. The topological polar surface area (TPSA) is 105 Å². The van der Waals surface area contributed by atoms with Gasteiger partial charge in [0.2, 0.25) is 0 Å². The summed E-state index contributed by atoms with van der Waals surface area (Å²) in [6.07, 6.45) is 0. The van der Waals surface area contributed by atoms with Crippen LogP contribution in [0.3, 0.4) is 0 Å². The first-order valence-corrected chi connectivity index (χ1v) is 6.12. The number of carbonyl (C=O) groups excluding carboxylic acids is 1. The minimum atomic E-state index is -1.14. The third kappa shape index (κ3) is 3.95. The van der Waals surface area contributed by atoms with E-state index in [1.54, 1.807) is 4.68 Å². The molecule has 0 saturated carbocycles. The Kier molecular flexibility index (Phi) is 5.51. The number of urea groups is 1. The fourth-order valence-corrected chi connectivity index (χ4v) is 1.79. The SMILES string of the molecule is COCC(NC(=O)NCc1c(C)nn(C)c1C)C(=O)O. The highest BCUT2D eigenvalue weighted by atomic mass is 16.5. The minimum Gasteiger partial charge on any atom is -0.480 e. The number of amides is 2. The Morgan fingerprint density at radius 3 is 2.55 bits per heavy atom. The third-order valence-electron chi connectivity index (χ3n) is 3.02. The molecule has 2 amide bonds. The molecule has 0 aliphatic heterocycles. The van der Waals surface area contributed by atoms with Crippen molar-refractivity contribution in [2.24, 2.45) is 7.05 Å². The molecule has 1 heterocycles. The van der Waals surface area contributed by atoms with Gasteiger partial charge in [-0.15, -0.1) is 0 Å². The second kappa shape index (κ2) is 6.90. The van der Waals surface area contributed by atoms with Gasteiger partial charge in [0, 0.05) is 32.0 Å². The summed E-state index contributed by atoms with van der Waals surface area (Å²) in [5, 5.41) is 18.1. The number of carboxylic acids is 1. The van der Waals surface area contributed by atoms with Gasteiger partial charge in [-0.05, 0) is 13.8 Å². The Bertz CT molecular complexity index is 498. The first-order chi connectivity index (χ1) is 9.36. The van der Waals surface area contributed by atoms with E-state index in [2.05, 4.69) is 15.7 Å². The van der Waals surface area contributed by atoms with Crippen LogP contribution in [0.1, 0.15) is 17.0 Å². The number of rotatable bonds is 6. The second-order valence-electron chi connectivity index (χ2n) is 4.45. The molecule has 1 atom stereocenters. The summed E-state index contributed by atoms with van der Waals surface area (Å²) in [6, 6.07) is -1.63. The van der Waals surface area contributed by atoms with Crippen molar-refractivity contribution in [2.75, 3.05) is 13.7 Å². The van der Waals surface area contributed by atoms with E-state index in [1.165, 1.54) is 7.11 Å². The van der Waals surface area contributed by atoms with Gasteiger partial charge >= 0.3 is 12.0 Å². The van der Waals surface area contributed by atoms with E-state index in [0.29, 0.717) is 0 Å². The number of aryl methyl sites for hydroxylation is 2. The van der Waals surface area contributed by atoms with E-state index in [-0.39, 0.29) is 13.2 Å². The highest BCUT2D eigenvalue weighted by Crippen LogP contribution is 2.10. The fraction of sp³-hybridized carbons (Fsp3) is 0.583. The van der Waals surface area contributed by atoms with Gasteiger partial charge in [-0.2, -0.15) is 5.10 Å². The van der Waals surface area contributed by atoms with E-state index < -0.39 is 18.0 Å². The number of methoxy groups -OCH3 is 1. The molecule has 0 aliphatic rings. The van der Waals surface area contributed by atoms with Crippen molar-refractivity contribution in [1.82, 2.24) is 20.4 Å². The Morgan fingerprint density at radius 1 is 1.45 bits per heavy atom. The number of nitrogens with one attached hydrogen (secondary N) is 2. The Morgan fingerprint density at radius 2 is 2.10 bits per heavy atom. The number of aromatic nitrogens is 2. The molecular formula is C12H20N4O4. The van der Waals surface area contributed by atoms with Gasteiger partial charge in [0.05, 0.1) is 12.3 Å². The molecule has 0 aromatic carbocycles. The van der Waals surface area contributed by atoms with Crippen molar-refractivity contribution in [3.8, 4) is 0 Å². The van der Waals surface area contributed by atoms with Crippen molar-refractivity contribution < 1.29 is 19.4 Å². The number of nitrogens with zero attached hydrogens (tertiary/aromatic N) is 2. The smallest absolute Gasteiger partial charge is 0.328 e. The maximum atomic E-state index is 11.7. The highest BCUT2D eigenvalue weighted by Gasteiger charge is 2.19. The molecule has 0 bridgehead atoms. The number of ether oxygens (including phenoxy) is 1. The Balaban J connectivity index is 2.56. The minimum absolute atomic E-state index is 0.0896. The average Bonchev–Trinajstić information content (AvgIpc) is 2.60. The third-order valence-corrected chi connectivity index (χ3v) is 3.02. The lowest BCUT2D eigenvalue weighted by Gasteiger charge is -2.14. The zero-order chi connectivity index (χ0) is 15.3. The second-order valence-corrected chi connectivity index (χ2v) is 4.45. The summed E-state index contributed by atoms with van der Waals surface area (Å²) in [5.74, 6) is -1.14. The van der Waals surface area contributed by atoms with Crippen LogP contribution >= 0.6 is 0 Å². The van der Waals surface area contributed by atoms with Gasteiger partial charge in [0.1, 0.15) is 0 Å². The van der Waals surface area contributed by atoms with Crippen LogP contribution in [0.5, 0.6) is 0 Å². The molecule has 1 unspecified atom stereocenters. The first-order valence-electron chi connectivity index (χ1n) is 6.12. The molecular weight excluding hydrogens is 264 g/mol. The fourth-order valence-electron chi connectivity index (χ4n) is 1.79. The van der Waals surface area contributed by atoms with Gasteiger partial charge in [-0.3, -0.25) is 4.68 Å². The van der Waals surface area contributed by atoms with E-state index in [0.717, 1.165) is 17.0 Å². The largest absolute Gasteiger partial charge is 0.480 e. The molecule has 0 radical (unpaired) electrons. The lowest BCUT2D eigenvalue weighted by atomic mass is 10.2. The van der Waals surface area contributed by atoms with Crippen LogP contribution in [0.4, 0.5) is 4.79 Å². The van der Waals surface area contributed by atoms with Gasteiger partial charge in [-0.1, -0.05) is 0 Å². The lowest BCUT2D eigenvalue weighted by molar-refractivity contribution is -0.140. The average molecular weight is 284 g/mol. The highest BCUT2D eigenvalue weighted by molar-refractivity contribution is 5.82. The molecule has 8 nitrogen and oxygen atoms in total. The van der Waals surface area contributed by atoms with Gasteiger partial charge in [0.15, 0.2) is 6.04 Å². The predicted octanol–water partition coefficient (Wildman–Crippen LogP) is -0.0643. The summed E-state index contributed by atoms with van der Waals surface area (Å²) in [4.78, 5) is 22.5. The molecule has 3 N–H and O–H groups in total. The van der Waals surface area contributed by atoms with E-state index in [9.17, 15) is 9.59 Å². The number of carbonyl (C=O) groups is 2. The Hall–Kier alpha value is -2.09.